The van der Waals surface area contributed by atoms with E-state index in [2.05, 4.69) is 22.2 Å². The maximum absolute atomic E-state index is 5.77. The Labute approximate surface area is 100 Å². The number of ether oxygens (including phenoxy) is 1. The highest BCUT2D eigenvalue weighted by Gasteiger charge is 2.22. The maximum atomic E-state index is 5.77. The zero-order chi connectivity index (χ0) is 11.5. The highest BCUT2D eigenvalue weighted by Crippen LogP contribution is 2.21. The van der Waals surface area contributed by atoms with Crippen molar-refractivity contribution in [3.8, 4) is 0 Å². The first-order valence-corrected chi connectivity index (χ1v) is 5.88. The third-order valence-corrected chi connectivity index (χ3v) is 3.16. The largest absolute Gasteiger partial charge is 0.381 e. The van der Waals surface area contributed by atoms with Crippen LogP contribution in [-0.4, -0.2) is 29.2 Å². The van der Waals surface area contributed by atoms with Crippen LogP contribution in [0.4, 0.5) is 5.82 Å². The molecule has 0 spiro atoms. The molecule has 1 fully saturated rings. The van der Waals surface area contributed by atoms with Crippen molar-refractivity contribution in [2.75, 3.05) is 18.5 Å². The molecule has 1 N–H and O–H groups in total. The smallest absolute Gasteiger partial charge is 0.224 e. The summed E-state index contributed by atoms with van der Waals surface area (Å²) in [5, 5.41) is 3.66. The summed E-state index contributed by atoms with van der Waals surface area (Å²) in [6.07, 6.45) is 2.83. The average molecular weight is 242 g/mol. The summed E-state index contributed by atoms with van der Waals surface area (Å²) in [7, 11) is 0. The van der Waals surface area contributed by atoms with Crippen molar-refractivity contribution < 1.29 is 4.74 Å². The summed E-state index contributed by atoms with van der Waals surface area (Å²) >= 11 is 5.77. The van der Waals surface area contributed by atoms with Crippen LogP contribution in [0.2, 0.25) is 5.28 Å². The van der Waals surface area contributed by atoms with Crippen molar-refractivity contribution >= 4 is 17.4 Å². The van der Waals surface area contributed by atoms with Gasteiger partial charge in [-0.2, -0.15) is 0 Å². The van der Waals surface area contributed by atoms with Crippen LogP contribution < -0.4 is 5.32 Å². The van der Waals surface area contributed by atoms with Crippen molar-refractivity contribution in [2.24, 2.45) is 5.92 Å². The van der Waals surface area contributed by atoms with E-state index >= 15 is 0 Å². The predicted octanol–water partition coefficient (Wildman–Crippen LogP) is 2.28. The number of aryl methyl sites for hydroxylation is 1. The Balaban J connectivity index is 2.04. The Kier molecular flexibility index (Phi) is 3.61. The number of aromatic nitrogens is 2. The molecule has 1 aliphatic heterocycles. The quantitative estimate of drug-likeness (QED) is 0.825. The second-order valence-electron chi connectivity index (χ2n) is 4.23. The molecular formula is C11H16ClN3O. The molecule has 0 saturated carbocycles. The molecule has 1 aliphatic rings. The van der Waals surface area contributed by atoms with E-state index in [0.717, 1.165) is 31.0 Å². The van der Waals surface area contributed by atoms with Gasteiger partial charge >= 0.3 is 0 Å². The average Bonchev–Trinajstić information content (AvgIpc) is 2.76. The van der Waals surface area contributed by atoms with Crippen LogP contribution in [0.25, 0.3) is 0 Å². The van der Waals surface area contributed by atoms with Crippen LogP contribution in [0.15, 0.2) is 6.20 Å². The summed E-state index contributed by atoms with van der Waals surface area (Å²) in [6.45, 7) is 5.80. The van der Waals surface area contributed by atoms with E-state index in [1.54, 1.807) is 6.20 Å². The van der Waals surface area contributed by atoms with E-state index in [4.69, 9.17) is 16.3 Å². The van der Waals surface area contributed by atoms with Crippen molar-refractivity contribution in [3.63, 3.8) is 0 Å². The second-order valence-corrected chi connectivity index (χ2v) is 4.57. The van der Waals surface area contributed by atoms with E-state index in [1.807, 2.05) is 6.92 Å². The first-order chi connectivity index (χ1) is 7.66. The van der Waals surface area contributed by atoms with E-state index in [-0.39, 0.29) is 5.28 Å². The molecule has 2 atom stereocenters. The van der Waals surface area contributed by atoms with Crippen LogP contribution in [0.1, 0.15) is 18.9 Å². The SMILES string of the molecule is Cc1cnc(Cl)nc1NC(C)C1CCOC1. The first-order valence-electron chi connectivity index (χ1n) is 5.50. The molecule has 88 valence electrons. The van der Waals surface area contributed by atoms with Gasteiger partial charge in [0, 0.05) is 30.3 Å². The third-order valence-electron chi connectivity index (χ3n) is 2.98. The summed E-state index contributed by atoms with van der Waals surface area (Å²) in [5.74, 6) is 1.37. The van der Waals surface area contributed by atoms with Crippen LogP contribution in [-0.2, 0) is 4.74 Å². The van der Waals surface area contributed by atoms with E-state index in [0.29, 0.717) is 12.0 Å². The van der Waals surface area contributed by atoms with Gasteiger partial charge in [0.2, 0.25) is 5.28 Å². The Hall–Kier alpha value is -0.870. The van der Waals surface area contributed by atoms with Crippen molar-refractivity contribution in [1.82, 2.24) is 9.97 Å². The number of rotatable bonds is 3. The van der Waals surface area contributed by atoms with Gasteiger partial charge in [-0.05, 0) is 31.9 Å². The van der Waals surface area contributed by atoms with Gasteiger partial charge in [0.1, 0.15) is 5.82 Å². The number of nitrogens with one attached hydrogen (secondary N) is 1. The molecule has 0 aliphatic carbocycles. The molecule has 2 rings (SSSR count). The van der Waals surface area contributed by atoms with E-state index in [9.17, 15) is 0 Å². The third kappa shape index (κ3) is 2.62. The highest BCUT2D eigenvalue weighted by atomic mass is 35.5. The van der Waals surface area contributed by atoms with Gasteiger partial charge in [-0.3, -0.25) is 0 Å². The minimum absolute atomic E-state index is 0.281. The molecule has 0 radical (unpaired) electrons. The zero-order valence-electron chi connectivity index (χ0n) is 9.53. The normalized spacial score (nSPS) is 22.1. The summed E-state index contributed by atoms with van der Waals surface area (Å²) in [4.78, 5) is 8.12. The van der Waals surface area contributed by atoms with Crippen LogP contribution in [0.5, 0.6) is 0 Å². The minimum atomic E-state index is 0.281. The summed E-state index contributed by atoms with van der Waals surface area (Å²) in [5.41, 5.74) is 1.01. The molecular weight excluding hydrogens is 226 g/mol. The van der Waals surface area contributed by atoms with Gasteiger partial charge in [-0.15, -0.1) is 0 Å². The lowest BCUT2D eigenvalue weighted by Crippen LogP contribution is -2.27. The Morgan fingerprint density at radius 1 is 1.62 bits per heavy atom. The van der Waals surface area contributed by atoms with Crippen molar-refractivity contribution in [2.45, 2.75) is 26.3 Å². The molecule has 1 saturated heterocycles. The Morgan fingerprint density at radius 2 is 2.44 bits per heavy atom. The predicted molar refractivity (Wildman–Crippen MR) is 63.8 cm³/mol. The van der Waals surface area contributed by atoms with Gasteiger partial charge in [-0.25, -0.2) is 9.97 Å². The Bertz CT molecular complexity index is 366. The summed E-state index contributed by atoms with van der Waals surface area (Å²) in [6, 6.07) is 0.340. The topological polar surface area (TPSA) is 47.0 Å². The number of hydrogen-bond acceptors (Lipinski definition) is 4. The number of nitrogens with zero attached hydrogens (tertiary/aromatic N) is 2. The molecule has 0 amide bonds. The standard InChI is InChI=1S/C11H16ClN3O/c1-7-5-13-11(12)15-10(7)14-8(2)9-3-4-16-6-9/h5,8-9H,3-4,6H2,1-2H3,(H,13,14,15). The molecule has 1 aromatic rings. The molecule has 2 unspecified atom stereocenters. The molecule has 0 bridgehead atoms. The number of halogens is 1. The lowest BCUT2D eigenvalue weighted by atomic mass is 10.0. The molecule has 4 nitrogen and oxygen atoms in total. The fraction of sp³-hybridized carbons (Fsp3) is 0.636. The lowest BCUT2D eigenvalue weighted by molar-refractivity contribution is 0.183. The van der Waals surface area contributed by atoms with Gasteiger partial charge in [0.05, 0.1) is 6.61 Å². The number of anilines is 1. The second kappa shape index (κ2) is 4.97. The molecule has 5 heteroatoms. The van der Waals surface area contributed by atoms with Gasteiger partial charge in [0.15, 0.2) is 0 Å². The van der Waals surface area contributed by atoms with Crippen molar-refractivity contribution in [1.29, 1.82) is 0 Å². The molecule has 0 aromatic carbocycles. The zero-order valence-corrected chi connectivity index (χ0v) is 10.3. The molecule has 16 heavy (non-hydrogen) atoms. The van der Waals surface area contributed by atoms with Crippen LogP contribution in [0.3, 0.4) is 0 Å². The number of hydrogen-bond donors (Lipinski definition) is 1. The van der Waals surface area contributed by atoms with Crippen LogP contribution >= 0.6 is 11.6 Å². The van der Waals surface area contributed by atoms with E-state index < -0.39 is 0 Å². The monoisotopic (exact) mass is 241 g/mol. The molecule has 2 heterocycles. The maximum Gasteiger partial charge on any atom is 0.224 e. The fourth-order valence-corrected chi connectivity index (χ4v) is 1.98. The minimum Gasteiger partial charge on any atom is -0.381 e. The summed E-state index contributed by atoms with van der Waals surface area (Å²) < 4.78 is 5.37. The van der Waals surface area contributed by atoms with E-state index in [1.165, 1.54) is 0 Å². The van der Waals surface area contributed by atoms with Gasteiger partial charge < -0.3 is 10.1 Å². The Morgan fingerprint density at radius 3 is 3.12 bits per heavy atom. The van der Waals surface area contributed by atoms with Crippen LogP contribution in [0, 0.1) is 12.8 Å². The fourth-order valence-electron chi connectivity index (χ4n) is 1.85. The van der Waals surface area contributed by atoms with Gasteiger partial charge in [-0.1, -0.05) is 0 Å². The lowest BCUT2D eigenvalue weighted by Gasteiger charge is -2.20. The van der Waals surface area contributed by atoms with Gasteiger partial charge in [0.25, 0.3) is 0 Å². The van der Waals surface area contributed by atoms with Crippen molar-refractivity contribution in [3.05, 3.63) is 17.0 Å². The first kappa shape index (κ1) is 11.6. The molecule has 1 aromatic heterocycles. The highest BCUT2D eigenvalue weighted by molar-refractivity contribution is 6.28.